The van der Waals surface area contributed by atoms with Gasteiger partial charge in [0.15, 0.2) is 11.8 Å². The van der Waals surface area contributed by atoms with E-state index in [-0.39, 0.29) is 0 Å². The molecule has 1 aromatic heterocycles. The van der Waals surface area contributed by atoms with E-state index in [0.29, 0.717) is 13.2 Å². The van der Waals surface area contributed by atoms with Crippen molar-refractivity contribution in [1.82, 2.24) is 29.9 Å². The van der Waals surface area contributed by atoms with Gasteiger partial charge in [-0.25, -0.2) is 4.99 Å². The number of hydrogen-bond donors (Lipinski definition) is 1. The van der Waals surface area contributed by atoms with Gasteiger partial charge >= 0.3 is 0 Å². The lowest BCUT2D eigenvalue weighted by molar-refractivity contribution is 0.197. The summed E-state index contributed by atoms with van der Waals surface area (Å²) in [6, 6.07) is 0. The lowest BCUT2D eigenvalue weighted by atomic mass is 10.1. The minimum atomic E-state index is 0.542. The molecule has 2 fully saturated rings. The van der Waals surface area contributed by atoms with E-state index in [9.17, 15) is 0 Å². The Morgan fingerprint density at radius 2 is 2.04 bits per heavy atom. The Morgan fingerprint density at radius 3 is 2.74 bits per heavy atom. The molecule has 0 aromatic carbocycles. The molecule has 1 atom stereocenters. The first-order valence-electron chi connectivity index (χ1n) is 10.3. The molecule has 0 radical (unpaired) electrons. The number of nitrogens with one attached hydrogen (secondary N) is 1. The van der Waals surface area contributed by atoms with Gasteiger partial charge < -0.3 is 24.4 Å². The summed E-state index contributed by atoms with van der Waals surface area (Å²) in [5, 5.41) is 11.8. The summed E-state index contributed by atoms with van der Waals surface area (Å²) in [6.45, 7) is 9.86. The van der Waals surface area contributed by atoms with Crippen LogP contribution in [0.25, 0.3) is 0 Å². The largest absolute Gasteiger partial charge is 0.383 e. The first-order chi connectivity index (χ1) is 13.2. The van der Waals surface area contributed by atoms with Gasteiger partial charge in [-0.3, -0.25) is 0 Å². The summed E-state index contributed by atoms with van der Waals surface area (Å²) in [5.41, 5.74) is 0. The molecule has 2 saturated heterocycles. The second-order valence-electron chi connectivity index (χ2n) is 7.74. The molecule has 2 aliphatic rings. The average Bonchev–Trinajstić information content (AvgIpc) is 3.27. The van der Waals surface area contributed by atoms with Gasteiger partial charge in [0, 0.05) is 40.3 Å². The van der Waals surface area contributed by atoms with Gasteiger partial charge in [0.25, 0.3) is 0 Å². The number of aliphatic imine (C=N–C) groups is 1. The van der Waals surface area contributed by atoms with Crippen LogP contribution in [0.2, 0.25) is 0 Å². The van der Waals surface area contributed by atoms with Crippen LogP contribution < -0.4 is 5.32 Å². The van der Waals surface area contributed by atoms with Crippen LogP contribution in [0.4, 0.5) is 0 Å². The summed E-state index contributed by atoms with van der Waals surface area (Å²) < 4.78 is 7.19. The van der Waals surface area contributed by atoms with Gasteiger partial charge in [-0.15, -0.1) is 10.2 Å². The zero-order valence-corrected chi connectivity index (χ0v) is 17.2. The van der Waals surface area contributed by atoms with Crippen LogP contribution in [-0.2, 0) is 18.3 Å². The van der Waals surface area contributed by atoms with Crippen molar-refractivity contribution in [1.29, 1.82) is 0 Å². The van der Waals surface area contributed by atoms with E-state index < -0.39 is 0 Å². The number of likely N-dealkylation sites (tertiary alicyclic amines) is 2. The molecule has 0 bridgehead atoms. The molecule has 3 heterocycles. The molecule has 1 N–H and O–H groups in total. The number of methoxy groups -OCH3 is 1. The molecule has 1 aromatic rings. The fourth-order valence-corrected chi connectivity index (χ4v) is 3.95. The van der Waals surface area contributed by atoms with Crippen molar-refractivity contribution in [3.05, 3.63) is 11.6 Å². The maximum atomic E-state index is 5.19. The van der Waals surface area contributed by atoms with Crippen molar-refractivity contribution >= 4 is 5.96 Å². The first-order valence-corrected chi connectivity index (χ1v) is 10.3. The predicted molar refractivity (Wildman–Crippen MR) is 107 cm³/mol. The van der Waals surface area contributed by atoms with Gasteiger partial charge in [0.2, 0.25) is 0 Å². The van der Waals surface area contributed by atoms with E-state index >= 15 is 0 Å². The second-order valence-corrected chi connectivity index (χ2v) is 7.74. The molecular weight excluding hydrogens is 342 g/mol. The monoisotopic (exact) mass is 377 g/mol. The number of rotatable bonds is 7. The van der Waals surface area contributed by atoms with Crippen LogP contribution >= 0.6 is 0 Å². The van der Waals surface area contributed by atoms with Gasteiger partial charge in [-0.1, -0.05) is 6.42 Å². The molecule has 0 spiro atoms. The van der Waals surface area contributed by atoms with E-state index in [1.165, 1.54) is 45.3 Å². The van der Waals surface area contributed by atoms with Crippen molar-refractivity contribution in [2.45, 2.75) is 39.2 Å². The molecule has 152 valence electrons. The standard InChI is InChI=1S/C19H35N7O/c1-16-22-23-18(24(16)2)13-21-19(20-8-12-27-3)26-11-7-17(15-26)14-25-9-5-4-6-10-25/h17H,4-15H2,1-3H3,(H,20,21). The minimum absolute atomic E-state index is 0.542. The molecule has 8 nitrogen and oxygen atoms in total. The maximum Gasteiger partial charge on any atom is 0.194 e. The number of aryl methyl sites for hydroxylation is 1. The Hall–Kier alpha value is -1.67. The Bertz CT molecular complexity index is 609. The van der Waals surface area contributed by atoms with Gasteiger partial charge in [0.05, 0.1) is 6.61 Å². The summed E-state index contributed by atoms with van der Waals surface area (Å²) in [4.78, 5) is 9.89. The fourth-order valence-electron chi connectivity index (χ4n) is 3.95. The number of piperidine rings is 1. The van der Waals surface area contributed by atoms with Crippen LogP contribution in [0, 0.1) is 12.8 Å². The van der Waals surface area contributed by atoms with Crippen LogP contribution in [0.1, 0.15) is 37.3 Å². The van der Waals surface area contributed by atoms with Crippen LogP contribution in [0.5, 0.6) is 0 Å². The lowest BCUT2D eigenvalue weighted by Gasteiger charge is -2.29. The van der Waals surface area contributed by atoms with Gasteiger partial charge in [-0.05, 0) is 45.2 Å². The Morgan fingerprint density at radius 1 is 1.22 bits per heavy atom. The Balaban J connectivity index is 1.58. The van der Waals surface area contributed by atoms with Crippen molar-refractivity contribution in [2.24, 2.45) is 18.0 Å². The van der Waals surface area contributed by atoms with Crippen molar-refractivity contribution in [3.8, 4) is 0 Å². The number of ether oxygens (including phenoxy) is 1. The minimum Gasteiger partial charge on any atom is -0.383 e. The zero-order chi connectivity index (χ0) is 19.1. The average molecular weight is 378 g/mol. The topological polar surface area (TPSA) is 70.8 Å². The quantitative estimate of drug-likeness (QED) is 0.435. The predicted octanol–water partition coefficient (Wildman–Crippen LogP) is 1.02. The number of guanidine groups is 1. The van der Waals surface area contributed by atoms with E-state index in [4.69, 9.17) is 9.73 Å². The summed E-state index contributed by atoms with van der Waals surface area (Å²) in [7, 11) is 3.72. The smallest absolute Gasteiger partial charge is 0.194 e. The lowest BCUT2D eigenvalue weighted by Crippen LogP contribution is -2.42. The fraction of sp³-hybridized carbons (Fsp3) is 0.842. The molecule has 3 rings (SSSR count). The van der Waals surface area contributed by atoms with Crippen molar-refractivity contribution in [2.75, 3.05) is 53.0 Å². The highest BCUT2D eigenvalue weighted by Gasteiger charge is 2.27. The molecule has 27 heavy (non-hydrogen) atoms. The number of hydrogen-bond acceptors (Lipinski definition) is 5. The molecule has 2 aliphatic heterocycles. The third kappa shape index (κ3) is 5.65. The number of aromatic nitrogens is 3. The molecule has 0 amide bonds. The first kappa shape index (κ1) is 20.1. The molecule has 0 aliphatic carbocycles. The summed E-state index contributed by atoms with van der Waals surface area (Å²) in [6.07, 6.45) is 5.36. The summed E-state index contributed by atoms with van der Waals surface area (Å²) >= 11 is 0. The van der Waals surface area contributed by atoms with E-state index in [1.54, 1.807) is 7.11 Å². The third-order valence-electron chi connectivity index (χ3n) is 5.69. The van der Waals surface area contributed by atoms with Crippen molar-refractivity contribution in [3.63, 3.8) is 0 Å². The second kappa shape index (κ2) is 10.0. The summed E-state index contributed by atoms with van der Waals surface area (Å²) in [5.74, 6) is 3.50. The van der Waals surface area contributed by atoms with Gasteiger partial charge in [-0.2, -0.15) is 0 Å². The Kier molecular flexibility index (Phi) is 7.46. The van der Waals surface area contributed by atoms with Gasteiger partial charge in [0.1, 0.15) is 12.4 Å². The zero-order valence-electron chi connectivity index (χ0n) is 17.2. The van der Waals surface area contributed by atoms with E-state index in [0.717, 1.165) is 43.2 Å². The molecular formula is C19H35N7O. The van der Waals surface area contributed by atoms with E-state index in [1.807, 2.05) is 18.5 Å². The molecule has 0 saturated carbocycles. The highest BCUT2D eigenvalue weighted by Crippen LogP contribution is 2.20. The normalized spacial score (nSPS) is 21.8. The van der Waals surface area contributed by atoms with Crippen LogP contribution in [0.3, 0.4) is 0 Å². The maximum absolute atomic E-state index is 5.19. The molecule has 1 unspecified atom stereocenters. The SMILES string of the molecule is COCCNC(=NCc1nnc(C)n1C)N1CCC(CN2CCCCC2)C1. The highest BCUT2D eigenvalue weighted by molar-refractivity contribution is 5.80. The third-order valence-corrected chi connectivity index (χ3v) is 5.69. The number of nitrogens with zero attached hydrogens (tertiary/aromatic N) is 6. The van der Waals surface area contributed by atoms with Crippen LogP contribution in [-0.4, -0.2) is 83.5 Å². The van der Waals surface area contributed by atoms with Crippen LogP contribution in [0.15, 0.2) is 4.99 Å². The van der Waals surface area contributed by atoms with E-state index in [2.05, 4.69) is 25.3 Å². The Labute approximate surface area is 163 Å². The van der Waals surface area contributed by atoms with Crippen molar-refractivity contribution < 1.29 is 4.74 Å². The molecule has 8 heteroatoms. The highest BCUT2D eigenvalue weighted by atomic mass is 16.5.